The second-order valence-electron chi connectivity index (χ2n) is 3.88. The number of phenols is 1. The van der Waals surface area contributed by atoms with Crippen molar-refractivity contribution in [2.45, 2.75) is 20.0 Å². The van der Waals surface area contributed by atoms with Crippen LogP contribution in [0.3, 0.4) is 0 Å². The van der Waals surface area contributed by atoms with Gasteiger partial charge in [0.15, 0.2) is 0 Å². The lowest BCUT2D eigenvalue weighted by Crippen LogP contribution is -2.04. The topological polar surface area (TPSA) is 59.2 Å². The number of alkyl halides is 3. The van der Waals surface area contributed by atoms with Gasteiger partial charge in [0.2, 0.25) is 5.82 Å². The van der Waals surface area contributed by atoms with E-state index in [0.717, 1.165) is 0 Å². The Morgan fingerprint density at radius 1 is 1.17 bits per heavy atom. The van der Waals surface area contributed by atoms with Crippen molar-refractivity contribution in [3.63, 3.8) is 0 Å². The zero-order valence-electron chi connectivity index (χ0n) is 9.54. The van der Waals surface area contributed by atoms with Gasteiger partial charge >= 0.3 is 12.1 Å². The van der Waals surface area contributed by atoms with Gasteiger partial charge in [-0.1, -0.05) is 5.16 Å². The molecule has 0 saturated carbocycles. The molecule has 0 unspecified atom stereocenters. The van der Waals surface area contributed by atoms with Crippen LogP contribution < -0.4 is 0 Å². The number of hydrogen-bond donors (Lipinski definition) is 1. The van der Waals surface area contributed by atoms with Crippen molar-refractivity contribution in [1.82, 2.24) is 10.1 Å². The SMILES string of the molecule is Cc1cc(-c2noc(C(F)(F)F)n2)cc(C)c1O. The maximum absolute atomic E-state index is 12.3. The highest BCUT2D eigenvalue weighted by molar-refractivity contribution is 5.60. The van der Waals surface area contributed by atoms with Gasteiger partial charge in [0, 0.05) is 5.56 Å². The highest BCUT2D eigenvalue weighted by Crippen LogP contribution is 2.31. The van der Waals surface area contributed by atoms with Gasteiger partial charge in [-0.25, -0.2) is 0 Å². The van der Waals surface area contributed by atoms with E-state index in [1.165, 1.54) is 12.1 Å². The van der Waals surface area contributed by atoms with Crippen molar-refractivity contribution >= 4 is 0 Å². The summed E-state index contributed by atoms with van der Waals surface area (Å²) in [4.78, 5) is 3.28. The van der Waals surface area contributed by atoms with E-state index < -0.39 is 12.1 Å². The quantitative estimate of drug-likeness (QED) is 0.853. The van der Waals surface area contributed by atoms with E-state index in [1.54, 1.807) is 13.8 Å². The zero-order chi connectivity index (χ0) is 13.5. The van der Waals surface area contributed by atoms with Gasteiger partial charge in [0.05, 0.1) is 0 Å². The summed E-state index contributed by atoms with van der Waals surface area (Å²) in [5, 5.41) is 12.8. The molecular formula is C11H9F3N2O2. The molecule has 18 heavy (non-hydrogen) atoms. The molecular weight excluding hydrogens is 249 g/mol. The summed E-state index contributed by atoms with van der Waals surface area (Å²) in [5.41, 5.74) is 1.42. The monoisotopic (exact) mass is 258 g/mol. The Balaban J connectivity index is 2.47. The lowest BCUT2D eigenvalue weighted by Gasteiger charge is -2.04. The first-order valence-electron chi connectivity index (χ1n) is 5.00. The molecule has 96 valence electrons. The highest BCUT2D eigenvalue weighted by Gasteiger charge is 2.38. The average Bonchev–Trinajstić information content (AvgIpc) is 2.73. The molecule has 0 spiro atoms. The van der Waals surface area contributed by atoms with Gasteiger partial charge in [-0.2, -0.15) is 18.2 Å². The van der Waals surface area contributed by atoms with Crippen molar-refractivity contribution in [3.8, 4) is 17.1 Å². The number of aromatic nitrogens is 2. The fourth-order valence-electron chi connectivity index (χ4n) is 1.54. The molecule has 2 aromatic rings. The average molecular weight is 258 g/mol. The number of benzene rings is 1. The maximum Gasteiger partial charge on any atom is 0.471 e. The van der Waals surface area contributed by atoms with Crippen LogP contribution in [0.25, 0.3) is 11.4 Å². The summed E-state index contributed by atoms with van der Waals surface area (Å²) in [5.74, 6) is -1.45. The molecule has 7 heteroatoms. The molecule has 1 N–H and O–H groups in total. The first-order chi connectivity index (χ1) is 8.29. The number of hydrogen-bond acceptors (Lipinski definition) is 4. The molecule has 0 atom stereocenters. The Morgan fingerprint density at radius 3 is 2.17 bits per heavy atom. The van der Waals surface area contributed by atoms with E-state index >= 15 is 0 Å². The highest BCUT2D eigenvalue weighted by atomic mass is 19.4. The predicted octanol–water partition coefficient (Wildman–Crippen LogP) is 3.08. The van der Waals surface area contributed by atoms with Crippen LogP contribution in [-0.4, -0.2) is 15.2 Å². The third kappa shape index (κ3) is 2.15. The molecule has 0 fully saturated rings. The van der Waals surface area contributed by atoms with E-state index in [1.807, 2.05) is 0 Å². The number of halogens is 3. The molecule has 2 rings (SSSR count). The fourth-order valence-corrected chi connectivity index (χ4v) is 1.54. The van der Waals surface area contributed by atoms with Crippen LogP contribution in [0, 0.1) is 13.8 Å². The summed E-state index contributed by atoms with van der Waals surface area (Å²) in [6.07, 6.45) is -4.66. The van der Waals surface area contributed by atoms with Gasteiger partial charge in [0.25, 0.3) is 0 Å². The minimum atomic E-state index is -4.66. The summed E-state index contributed by atoms with van der Waals surface area (Å²) in [7, 11) is 0. The molecule has 4 nitrogen and oxygen atoms in total. The van der Waals surface area contributed by atoms with Gasteiger partial charge < -0.3 is 9.63 Å². The second-order valence-corrected chi connectivity index (χ2v) is 3.88. The van der Waals surface area contributed by atoms with Crippen molar-refractivity contribution in [3.05, 3.63) is 29.2 Å². The Bertz CT molecular complexity index is 567. The summed E-state index contributed by atoms with van der Waals surface area (Å²) in [6.45, 7) is 3.27. The summed E-state index contributed by atoms with van der Waals surface area (Å²) in [6, 6.07) is 2.99. The van der Waals surface area contributed by atoms with E-state index in [-0.39, 0.29) is 11.6 Å². The van der Waals surface area contributed by atoms with Gasteiger partial charge in [-0.15, -0.1) is 0 Å². The van der Waals surface area contributed by atoms with Crippen molar-refractivity contribution in [2.75, 3.05) is 0 Å². The Morgan fingerprint density at radius 2 is 1.72 bits per heavy atom. The van der Waals surface area contributed by atoms with Crippen LogP contribution in [-0.2, 0) is 6.18 Å². The third-order valence-corrected chi connectivity index (χ3v) is 2.42. The molecule has 1 aromatic heterocycles. The van der Waals surface area contributed by atoms with E-state index in [0.29, 0.717) is 16.7 Å². The van der Waals surface area contributed by atoms with Crippen LogP contribution in [0.2, 0.25) is 0 Å². The Hall–Kier alpha value is -2.05. The molecule has 0 aliphatic carbocycles. The van der Waals surface area contributed by atoms with Crippen molar-refractivity contribution in [2.24, 2.45) is 0 Å². The third-order valence-electron chi connectivity index (χ3n) is 2.42. The normalized spacial score (nSPS) is 11.8. The second kappa shape index (κ2) is 4.01. The zero-order valence-corrected chi connectivity index (χ0v) is 9.54. The molecule has 0 saturated heterocycles. The van der Waals surface area contributed by atoms with Gasteiger partial charge in [0.1, 0.15) is 5.75 Å². The van der Waals surface area contributed by atoms with Crippen LogP contribution in [0.4, 0.5) is 13.2 Å². The molecule has 0 aliphatic rings. The molecule has 0 radical (unpaired) electrons. The summed E-state index contributed by atoms with van der Waals surface area (Å²) >= 11 is 0. The molecule has 0 amide bonds. The number of nitrogens with zero attached hydrogens (tertiary/aromatic N) is 2. The lowest BCUT2D eigenvalue weighted by molar-refractivity contribution is -0.159. The standard InChI is InChI=1S/C11H9F3N2O2/c1-5-3-7(4-6(2)8(5)17)9-15-10(18-16-9)11(12,13)14/h3-4,17H,1-2H3. The van der Waals surface area contributed by atoms with Crippen molar-refractivity contribution < 1.29 is 22.8 Å². The molecule has 1 heterocycles. The predicted molar refractivity (Wildman–Crippen MR) is 55.9 cm³/mol. The van der Waals surface area contributed by atoms with Crippen LogP contribution in [0.15, 0.2) is 16.7 Å². The van der Waals surface area contributed by atoms with E-state index in [4.69, 9.17) is 0 Å². The van der Waals surface area contributed by atoms with Gasteiger partial charge in [-0.05, 0) is 37.1 Å². The largest absolute Gasteiger partial charge is 0.507 e. The molecule has 0 bridgehead atoms. The van der Waals surface area contributed by atoms with E-state index in [9.17, 15) is 18.3 Å². The fraction of sp³-hybridized carbons (Fsp3) is 0.273. The Kier molecular flexibility index (Phi) is 2.76. The molecule has 1 aromatic carbocycles. The van der Waals surface area contributed by atoms with Crippen LogP contribution in [0.1, 0.15) is 17.0 Å². The number of aryl methyl sites for hydroxylation is 2. The van der Waals surface area contributed by atoms with Crippen LogP contribution >= 0.6 is 0 Å². The first-order valence-corrected chi connectivity index (χ1v) is 5.00. The van der Waals surface area contributed by atoms with Gasteiger partial charge in [-0.3, -0.25) is 0 Å². The number of aromatic hydroxyl groups is 1. The van der Waals surface area contributed by atoms with Crippen LogP contribution in [0.5, 0.6) is 5.75 Å². The molecule has 0 aliphatic heterocycles. The smallest absolute Gasteiger partial charge is 0.471 e. The van der Waals surface area contributed by atoms with E-state index in [2.05, 4.69) is 14.7 Å². The number of phenolic OH excluding ortho intramolecular Hbond substituents is 1. The van der Waals surface area contributed by atoms with Crippen molar-refractivity contribution in [1.29, 1.82) is 0 Å². The Labute approximate surface area is 100 Å². The lowest BCUT2D eigenvalue weighted by atomic mass is 10.1. The minimum absolute atomic E-state index is 0.0956. The minimum Gasteiger partial charge on any atom is -0.507 e. The maximum atomic E-state index is 12.3. The first kappa shape index (κ1) is 12.4. The number of rotatable bonds is 1. The summed E-state index contributed by atoms with van der Waals surface area (Å²) < 4.78 is 41.1.